The van der Waals surface area contributed by atoms with Crippen molar-refractivity contribution in [3.05, 3.63) is 28.3 Å². The van der Waals surface area contributed by atoms with Crippen LogP contribution in [0.5, 0.6) is 0 Å². The first-order valence-electron chi connectivity index (χ1n) is 8.19. The Bertz CT molecular complexity index is 727. The molecule has 122 valence electrons. The quantitative estimate of drug-likeness (QED) is 0.921. The Morgan fingerprint density at radius 3 is 2.65 bits per heavy atom. The molecule has 2 fully saturated rings. The molecule has 4 heterocycles. The van der Waals surface area contributed by atoms with Gasteiger partial charge in [0.2, 0.25) is 0 Å². The van der Waals surface area contributed by atoms with Crippen LogP contribution in [0.1, 0.15) is 34.8 Å². The topological polar surface area (TPSA) is 52.2 Å². The number of likely N-dealkylation sites (tertiary alicyclic amines) is 2. The van der Waals surface area contributed by atoms with Gasteiger partial charge in [0.1, 0.15) is 5.69 Å². The minimum Gasteiger partial charge on any atom is -0.357 e. The van der Waals surface area contributed by atoms with Crippen molar-refractivity contribution in [2.24, 2.45) is 0 Å². The normalized spacial score (nSPS) is 20.7. The number of H-pyrrole nitrogens is 1. The summed E-state index contributed by atoms with van der Waals surface area (Å²) in [5, 5.41) is 3.08. The molecule has 0 radical (unpaired) electrons. The standard InChI is InChI=1S/C17H22N4OS/c1-12-19-15(11-23-12)13-9-14(18-10-13)16(22)21-8-5-17(21)3-6-20(2)7-4-17/h9-11,18H,3-8H2,1-2H3. The van der Waals surface area contributed by atoms with E-state index in [2.05, 4.69) is 26.8 Å². The lowest BCUT2D eigenvalue weighted by molar-refractivity contribution is -0.0353. The lowest BCUT2D eigenvalue weighted by Gasteiger charge is -2.56. The Morgan fingerprint density at radius 2 is 2.04 bits per heavy atom. The summed E-state index contributed by atoms with van der Waals surface area (Å²) in [6.07, 6.45) is 5.22. The van der Waals surface area contributed by atoms with E-state index in [1.807, 2.05) is 24.6 Å². The molecule has 4 rings (SSSR count). The summed E-state index contributed by atoms with van der Waals surface area (Å²) in [4.78, 5) is 25.0. The highest BCUT2D eigenvalue weighted by atomic mass is 32.1. The van der Waals surface area contributed by atoms with Crippen LogP contribution in [0.2, 0.25) is 0 Å². The van der Waals surface area contributed by atoms with Gasteiger partial charge in [-0.1, -0.05) is 0 Å². The molecule has 1 N–H and O–H groups in total. The minimum absolute atomic E-state index is 0.103. The van der Waals surface area contributed by atoms with Crippen molar-refractivity contribution in [3.8, 4) is 11.3 Å². The number of aromatic nitrogens is 2. The van der Waals surface area contributed by atoms with Gasteiger partial charge in [-0.2, -0.15) is 0 Å². The Balaban J connectivity index is 1.52. The van der Waals surface area contributed by atoms with Crippen LogP contribution in [0.4, 0.5) is 0 Å². The van der Waals surface area contributed by atoms with Gasteiger partial charge in [0.15, 0.2) is 0 Å². The van der Waals surface area contributed by atoms with Crippen LogP contribution < -0.4 is 0 Å². The van der Waals surface area contributed by atoms with Crippen molar-refractivity contribution < 1.29 is 4.79 Å². The van der Waals surface area contributed by atoms with E-state index in [0.717, 1.165) is 55.2 Å². The second-order valence-electron chi connectivity index (χ2n) is 6.79. The third kappa shape index (κ3) is 2.50. The first-order valence-corrected chi connectivity index (χ1v) is 9.07. The summed E-state index contributed by atoms with van der Waals surface area (Å²) in [6, 6.07) is 1.94. The predicted octanol–water partition coefficient (Wildman–Crippen LogP) is 2.76. The number of carbonyl (C=O) groups is 1. The molecular formula is C17H22N4OS. The first kappa shape index (κ1) is 14.9. The van der Waals surface area contributed by atoms with Gasteiger partial charge in [-0.05, 0) is 39.3 Å². The zero-order chi connectivity index (χ0) is 16.0. The second-order valence-corrected chi connectivity index (χ2v) is 7.85. The SMILES string of the molecule is Cc1nc(-c2c[nH]c(C(=O)N3CCC34CCN(C)CC4)c2)cs1. The predicted molar refractivity (Wildman–Crippen MR) is 91.8 cm³/mol. The number of amides is 1. The van der Waals surface area contributed by atoms with E-state index in [0.29, 0.717) is 5.69 Å². The van der Waals surface area contributed by atoms with Crippen molar-refractivity contribution in [1.29, 1.82) is 0 Å². The van der Waals surface area contributed by atoms with Gasteiger partial charge >= 0.3 is 0 Å². The molecule has 6 heteroatoms. The molecule has 2 aliphatic heterocycles. The van der Waals surface area contributed by atoms with E-state index in [1.165, 1.54) is 0 Å². The molecule has 2 aromatic rings. The molecule has 0 aliphatic carbocycles. The fourth-order valence-electron chi connectivity index (χ4n) is 3.72. The summed E-state index contributed by atoms with van der Waals surface area (Å²) in [5.74, 6) is 0.138. The lowest BCUT2D eigenvalue weighted by atomic mass is 9.76. The van der Waals surface area contributed by atoms with Gasteiger partial charge < -0.3 is 14.8 Å². The zero-order valence-corrected chi connectivity index (χ0v) is 14.4. The number of nitrogens with zero attached hydrogens (tertiary/aromatic N) is 3. The largest absolute Gasteiger partial charge is 0.357 e. The number of carbonyl (C=O) groups excluding carboxylic acids is 1. The maximum Gasteiger partial charge on any atom is 0.270 e. The van der Waals surface area contributed by atoms with Crippen molar-refractivity contribution in [3.63, 3.8) is 0 Å². The van der Waals surface area contributed by atoms with Gasteiger partial charge in [0.05, 0.1) is 10.7 Å². The third-order valence-corrected chi connectivity index (χ3v) is 6.14. The van der Waals surface area contributed by atoms with Crippen molar-refractivity contribution in [2.75, 3.05) is 26.7 Å². The average molecular weight is 330 g/mol. The van der Waals surface area contributed by atoms with Crippen molar-refractivity contribution in [1.82, 2.24) is 19.8 Å². The van der Waals surface area contributed by atoms with Crippen molar-refractivity contribution in [2.45, 2.75) is 31.7 Å². The number of thiazole rings is 1. The average Bonchev–Trinajstić information content (AvgIpc) is 3.15. The Kier molecular flexibility index (Phi) is 3.54. The van der Waals surface area contributed by atoms with E-state index >= 15 is 0 Å². The van der Waals surface area contributed by atoms with Crippen LogP contribution in [0.25, 0.3) is 11.3 Å². The summed E-state index contributed by atoms with van der Waals surface area (Å²) < 4.78 is 0. The first-order chi connectivity index (χ1) is 11.1. The van der Waals surface area contributed by atoms with E-state index < -0.39 is 0 Å². The molecule has 23 heavy (non-hydrogen) atoms. The highest BCUT2D eigenvalue weighted by molar-refractivity contribution is 7.09. The van der Waals surface area contributed by atoms with Gasteiger partial charge in [-0.15, -0.1) is 11.3 Å². The monoisotopic (exact) mass is 330 g/mol. The number of nitrogens with one attached hydrogen (secondary N) is 1. The van der Waals surface area contributed by atoms with E-state index in [4.69, 9.17) is 0 Å². The highest BCUT2D eigenvalue weighted by Crippen LogP contribution is 2.40. The molecular weight excluding hydrogens is 308 g/mol. The van der Waals surface area contributed by atoms with E-state index in [9.17, 15) is 4.79 Å². The summed E-state index contributed by atoms with van der Waals surface area (Å²) in [6.45, 7) is 5.04. The highest BCUT2D eigenvalue weighted by Gasteiger charge is 2.48. The second kappa shape index (κ2) is 5.46. The summed E-state index contributed by atoms with van der Waals surface area (Å²) in [7, 11) is 2.16. The minimum atomic E-state index is 0.103. The molecule has 0 bridgehead atoms. The smallest absolute Gasteiger partial charge is 0.270 e. The number of hydrogen-bond donors (Lipinski definition) is 1. The van der Waals surface area contributed by atoms with Gasteiger partial charge in [0, 0.05) is 42.3 Å². The van der Waals surface area contributed by atoms with Crippen LogP contribution in [0.15, 0.2) is 17.6 Å². The maximum atomic E-state index is 12.9. The molecule has 0 atom stereocenters. The van der Waals surface area contributed by atoms with Crippen LogP contribution in [0.3, 0.4) is 0 Å². The Hall–Kier alpha value is -1.66. The fourth-order valence-corrected chi connectivity index (χ4v) is 4.34. The zero-order valence-electron chi connectivity index (χ0n) is 13.6. The summed E-state index contributed by atoms with van der Waals surface area (Å²) in [5.41, 5.74) is 2.73. The van der Waals surface area contributed by atoms with Gasteiger partial charge in [0.25, 0.3) is 5.91 Å². The van der Waals surface area contributed by atoms with Crippen LogP contribution >= 0.6 is 11.3 Å². The molecule has 0 unspecified atom stereocenters. The number of hydrogen-bond acceptors (Lipinski definition) is 4. The maximum absolute atomic E-state index is 12.9. The van der Waals surface area contributed by atoms with Gasteiger partial charge in [-0.3, -0.25) is 4.79 Å². The Morgan fingerprint density at radius 1 is 1.30 bits per heavy atom. The number of aromatic amines is 1. The molecule has 0 saturated carbocycles. The van der Waals surface area contributed by atoms with E-state index in [-0.39, 0.29) is 11.4 Å². The molecule has 1 spiro atoms. The van der Waals surface area contributed by atoms with Gasteiger partial charge in [-0.25, -0.2) is 4.98 Å². The molecule has 5 nitrogen and oxygen atoms in total. The number of rotatable bonds is 2. The fraction of sp³-hybridized carbons (Fsp3) is 0.529. The molecule has 2 aromatic heterocycles. The molecule has 2 saturated heterocycles. The Labute approximate surface area is 140 Å². The van der Waals surface area contributed by atoms with E-state index in [1.54, 1.807) is 11.3 Å². The summed E-state index contributed by atoms with van der Waals surface area (Å²) >= 11 is 1.63. The van der Waals surface area contributed by atoms with Crippen LogP contribution in [0, 0.1) is 6.92 Å². The molecule has 2 aliphatic rings. The molecule has 1 amide bonds. The number of aryl methyl sites for hydroxylation is 1. The van der Waals surface area contributed by atoms with Crippen LogP contribution in [-0.4, -0.2) is 57.9 Å². The third-order valence-electron chi connectivity index (χ3n) is 5.36. The molecule has 0 aromatic carbocycles. The van der Waals surface area contributed by atoms with Crippen LogP contribution in [-0.2, 0) is 0 Å². The van der Waals surface area contributed by atoms with Crippen molar-refractivity contribution >= 4 is 17.2 Å². The number of piperidine rings is 1. The lowest BCUT2D eigenvalue weighted by Crippen LogP contribution is -2.65.